The van der Waals surface area contributed by atoms with Crippen molar-refractivity contribution in [1.29, 1.82) is 0 Å². The topological polar surface area (TPSA) is 70.9 Å². The number of aliphatic hydroxyl groups excluding tert-OH is 1. The summed E-state index contributed by atoms with van der Waals surface area (Å²) in [4.78, 5) is 16.5. The number of nitrogens with zero attached hydrogens (tertiary/aromatic N) is 1. The van der Waals surface area contributed by atoms with Gasteiger partial charge in [0.05, 0.1) is 6.61 Å². The predicted molar refractivity (Wildman–Crippen MR) is 64.6 cm³/mol. The molecule has 0 radical (unpaired) electrons. The van der Waals surface area contributed by atoms with Gasteiger partial charge >= 0.3 is 0 Å². The van der Waals surface area contributed by atoms with E-state index in [9.17, 15) is 9.90 Å². The zero-order valence-electron chi connectivity index (χ0n) is 9.93. The van der Waals surface area contributed by atoms with Crippen LogP contribution < -0.4 is 5.32 Å². The van der Waals surface area contributed by atoms with Gasteiger partial charge in [0.1, 0.15) is 7.11 Å². The van der Waals surface area contributed by atoms with E-state index >= 15 is 0 Å². The van der Waals surface area contributed by atoms with Crippen LogP contribution >= 0.6 is 0 Å². The first-order chi connectivity index (χ1) is 8.24. The van der Waals surface area contributed by atoms with Gasteiger partial charge in [-0.1, -0.05) is 29.4 Å². The Morgan fingerprint density at radius 2 is 2.18 bits per heavy atom. The highest BCUT2D eigenvalue weighted by atomic mass is 16.6. The predicted octanol–water partition coefficient (Wildman–Crippen LogP) is 0.665. The van der Waals surface area contributed by atoms with Crippen molar-refractivity contribution in [3.05, 3.63) is 35.4 Å². The first-order valence-electron chi connectivity index (χ1n) is 5.33. The number of benzene rings is 1. The van der Waals surface area contributed by atoms with Gasteiger partial charge in [0.15, 0.2) is 5.71 Å². The fourth-order valence-electron chi connectivity index (χ4n) is 1.44. The average molecular weight is 236 g/mol. The first-order valence-corrected chi connectivity index (χ1v) is 5.33. The number of oxime groups is 1. The van der Waals surface area contributed by atoms with Gasteiger partial charge in [0.2, 0.25) is 0 Å². The second kappa shape index (κ2) is 6.65. The average Bonchev–Trinajstić information content (AvgIpc) is 2.36. The molecular weight excluding hydrogens is 220 g/mol. The van der Waals surface area contributed by atoms with Crippen molar-refractivity contribution in [2.75, 3.05) is 13.7 Å². The number of likely N-dealkylation sites (N-methyl/N-ethyl adjacent to an activating group) is 1. The first kappa shape index (κ1) is 13.2. The molecule has 0 unspecified atom stereocenters. The molecule has 92 valence electrons. The standard InChI is InChI=1S/C12H16N2O3/c1-3-13-12(16)11(14-17-2)10-7-5-4-6-9(10)8-15/h4-7,15H,3,8H2,1-2H3,(H,13,16). The molecule has 0 fully saturated rings. The van der Waals surface area contributed by atoms with Crippen molar-refractivity contribution in [2.24, 2.45) is 5.16 Å². The summed E-state index contributed by atoms with van der Waals surface area (Å²) in [6.07, 6.45) is 0. The lowest BCUT2D eigenvalue weighted by atomic mass is 10.0. The molecule has 1 rings (SSSR count). The fraction of sp³-hybridized carbons (Fsp3) is 0.333. The second-order valence-corrected chi connectivity index (χ2v) is 3.30. The number of hydrogen-bond donors (Lipinski definition) is 2. The summed E-state index contributed by atoms with van der Waals surface area (Å²) in [7, 11) is 1.38. The molecule has 0 aromatic heterocycles. The number of carbonyl (C=O) groups excluding carboxylic acids is 1. The maximum atomic E-state index is 11.8. The summed E-state index contributed by atoms with van der Waals surface area (Å²) >= 11 is 0. The molecule has 0 heterocycles. The number of hydrogen-bond acceptors (Lipinski definition) is 4. The van der Waals surface area contributed by atoms with E-state index in [1.54, 1.807) is 24.3 Å². The lowest BCUT2D eigenvalue weighted by Crippen LogP contribution is -2.32. The fourth-order valence-corrected chi connectivity index (χ4v) is 1.44. The van der Waals surface area contributed by atoms with E-state index in [0.29, 0.717) is 17.7 Å². The largest absolute Gasteiger partial charge is 0.398 e. The highest BCUT2D eigenvalue weighted by molar-refractivity contribution is 6.45. The molecule has 5 nitrogen and oxygen atoms in total. The van der Waals surface area contributed by atoms with Crippen LogP contribution in [0.1, 0.15) is 18.1 Å². The minimum Gasteiger partial charge on any atom is -0.398 e. The highest BCUT2D eigenvalue weighted by Gasteiger charge is 2.17. The number of amides is 1. The summed E-state index contributed by atoms with van der Waals surface area (Å²) in [6, 6.07) is 7.02. The number of nitrogens with one attached hydrogen (secondary N) is 1. The van der Waals surface area contributed by atoms with E-state index in [2.05, 4.69) is 15.3 Å². The van der Waals surface area contributed by atoms with Crippen LogP contribution in [0.25, 0.3) is 0 Å². The van der Waals surface area contributed by atoms with Crippen LogP contribution in [0.2, 0.25) is 0 Å². The van der Waals surface area contributed by atoms with Gasteiger partial charge in [-0.2, -0.15) is 0 Å². The number of carbonyl (C=O) groups is 1. The van der Waals surface area contributed by atoms with Gasteiger partial charge in [0.25, 0.3) is 5.91 Å². The third-order valence-corrected chi connectivity index (χ3v) is 2.18. The molecule has 0 aliphatic heterocycles. The van der Waals surface area contributed by atoms with Gasteiger partial charge in [-0.05, 0) is 12.5 Å². The molecule has 1 amide bonds. The Hall–Kier alpha value is -1.88. The number of rotatable bonds is 5. The van der Waals surface area contributed by atoms with Crippen molar-refractivity contribution in [2.45, 2.75) is 13.5 Å². The van der Waals surface area contributed by atoms with E-state index in [-0.39, 0.29) is 18.2 Å². The van der Waals surface area contributed by atoms with E-state index in [1.807, 2.05) is 6.92 Å². The maximum absolute atomic E-state index is 11.8. The van der Waals surface area contributed by atoms with E-state index in [0.717, 1.165) is 0 Å². The molecule has 5 heteroatoms. The summed E-state index contributed by atoms with van der Waals surface area (Å²) in [5.41, 5.74) is 1.37. The van der Waals surface area contributed by atoms with Crippen LogP contribution in [-0.2, 0) is 16.2 Å². The molecule has 0 bridgehead atoms. The van der Waals surface area contributed by atoms with Crippen LogP contribution in [0.3, 0.4) is 0 Å². The van der Waals surface area contributed by atoms with Crippen molar-refractivity contribution in [3.63, 3.8) is 0 Å². The molecule has 1 aromatic carbocycles. The summed E-state index contributed by atoms with van der Waals surface area (Å²) in [6.45, 7) is 2.17. The second-order valence-electron chi connectivity index (χ2n) is 3.30. The van der Waals surface area contributed by atoms with Crippen molar-refractivity contribution < 1.29 is 14.7 Å². The molecule has 0 aliphatic carbocycles. The van der Waals surface area contributed by atoms with Crippen LogP contribution in [0.4, 0.5) is 0 Å². The Morgan fingerprint density at radius 1 is 1.47 bits per heavy atom. The minimum atomic E-state index is -0.324. The van der Waals surface area contributed by atoms with Gasteiger partial charge in [-0.15, -0.1) is 0 Å². The summed E-state index contributed by atoms with van der Waals surface area (Å²) in [5, 5.41) is 15.6. The summed E-state index contributed by atoms with van der Waals surface area (Å²) < 4.78 is 0. The summed E-state index contributed by atoms with van der Waals surface area (Å²) in [5.74, 6) is -0.324. The highest BCUT2D eigenvalue weighted by Crippen LogP contribution is 2.10. The SMILES string of the molecule is CCNC(=O)C(=NOC)c1ccccc1CO. The van der Waals surface area contributed by atoms with Crippen LogP contribution in [0, 0.1) is 0 Å². The van der Waals surface area contributed by atoms with Crippen molar-refractivity contribution in [3.8, 4) is 0 Å². The Morgan fingerprint density at radius 3 is 2.76 bits per heavy atom. The lowest BCUT2D eigenvalue weighted by molar-refractivity contribution is -0.114. The Balaban J connectivity index is 3.14. The normalized spacial score (nSPS) is 11.1. The van der Waals surface area contributed by atoms with E-state index in [4.69, 9.17) is 0 Å². The number of aliphatic hydroxyl groups is 1. The molecule has 0 saturated heterocycles. The van der Waals surface area contributed by atoms with E-state index in [1.165, 1.54) is 7.11 Å². The van der Waals surface area contributed by atoms with E-state index < -0.39 is 0 Å². The third kappa shape index (κ3) is 3.29. The molecule has 17 heavy (non-hydrogen) atoms. The molecular formula is C12H16N2O3. The molecule has 0 aliphatic rings. The van der Waals surface area contributed by atoms with Crippen molar-refractivity contribution >= 4 is 11.6 Å². The Bertz CT molecular complexity index is 416. The van der Waals surface area contributed by atoms with Crippen molar-refractivity contribution in [1.82, 2.24) is 5.32 Å². The zero-order valence-corrected chi connectivity index (χ0v) is 9.93. The molecule has 0 atom stereocenters. The lowest BCUT2D eigenvalue weighted by Gasteiger charge is -2.09. The van der Waals surface area contributed by atoms with Gasteiger partial charge < -0.3 is 15.3 Å². The Kier molecular flexibility index (Phi) is 5.16. The molecule has 2 N–H and O–H groups in total. The monoisotopic (exact) mass is 236 g/mol. The molecule has 0 saturated carbocycles. The minimum absolute atomic E-state index is 0.154. The maximum Gasteiger partial charge on any atom is 0.273 e. The molecule has 0 spiro atoms. The smallest absolute Gasteiger partial charge is 0.273 e. The van der Waals surface area contributed by atoms with Crippen LogP contribution in [-0.4, -0.2) is 30.4 Å². The van der Waals surface area contributed by atoms with Crippen LogP contribution in [0.5, 0.6) is 0 Å². The van der Waals surface area contributed by atoms with Gasteiger partial charge in [0, 0.05) is 12.1 Å². The van der Waals surface area contributed by atoms with Gasteiger partial charge in [-0.25, -0.2) is 0 Å². The van der Waals surface area contributed by atoms with Gasteiger partial charge in [-0.3, -0.25) is 4.79 Å². The Labute approximate surface area is 100 Å². The molecule has 1 aromatic rings. The van der Waals surface area contributed by atoms with Crippen LogP contribution in [0.15, 0.2) is 29.4 Å². The quantitative estimate of drug-likeness (QED) is 0.583. The zero-order chi connectivity index (χ0) is 12.7. The third-order valence-electron chi connectivity index (χ3n) is 2.18.